The van der Waals surface area contributed by atoms with E-state index in [-0.39, 0.29) is 6.61 Å². The molecule has 1 amide bonds. The summed E-state index contributed by atoms with van der Waals surface area (Å²) in [6.45, 7) is 0.641. The van der Waals surface area contributed by atoms with Gasteiger partial charge in [0.1, 0.15) is 19.0 Å². The van der Waals surface area contributed by atoms with Gasteiger partial charge in [-0.2, -0.15) is 18.3 Å². The van der Waals surface area contributed by atoms with Crippen molar-refractivity contribution in [2.75, 3.05) is 7.11 Å². The van der Waals surface area contributed by atoms with Crippen LogP contribution in [0.4, 0.5) is 13.2 Å². The summed E-state index contributed by atoms with van der Waals surface area (Å²) in [7, 11) is 1.57. The first-order valence-electron chi connectivity index (χ1n) is 12.1. The van der Waals surface area contributed by atoms with Crippen molar-refractivity contribution in [3.63, 3.8) is 0 Å². The largest absolute Gasteiger partial charge is 0.493 e. The van der Waals surface area contributed by atoms with Crippen molar-refractivity contribution in [1.82, 2.24) is 5.43 Å². The Morgan fingerprint density at radius 1 is 0.854 bits per heavy atom. The average molecular weight is 692 g/mol. The van der Waals surface area contributed by atoms with Crippen LogP contribution in [0.15, 0.2) is 99.0 Å². The van der Waals surface area contributed by atoms with Gasteiger partial charge in [0.25, 0.3) is 5.91 Å². The number of carbonyl (C=O) groups excluding carboxylic acids is 1. The summed E-state index contributed by atoms with van der Waals surface area (Å²) in [5, 5.41) is 3.81. The second-order valence-corrected chi connectivity index (χ2v) is 10.3. The number of hydrogen-bond donors (Lipinski definition) is 1. The van der Waals surface area contributed by atoms with Gasteiger partial charge in [-0.1, -0.05) is 48.5 Å². The first-order valence-corrected chi connectivity index (χ1v) is 13.7. The molecule has 4 aromatic rings. The first kappa shape index (κ1) is 30.1. The number of nitrogens with one attached hydrogen (secondary N) is 1. The van der Waals surface area contributed by atoms with Gasteiger partial charge in [0, 0.05) is 0 Å². The molecule has 0 bridgehead atoms. The number of amides is 1. The van der Waals surface area contributed by atoms with Crippen LogP contribution in [0, 0.1) is 0 Å². The van der Waals surface area contributed by atoms with Gasteiger partial charge in [0.15, 0.2) is 11.5 Å². The van der Waals surface area contributed by atoms with Gasteiger partial charge in [-0.15, -0.1) is 0 Å². The maximum Gasteiger partial charge on any atom is 0.417 e. The topological polar surface area (TPSA) is 69.2 Å². The molecule has 0 aliphatic rings. The molecule has 6 nitrogen and oxygen atoms in total. The van der Waals surface area contributed by atoms with Gasteiger partial charge in [-0.25, -0.2) is 5.43 Å². The fraction of sp³-hybridized carbons (Fsp3) is 0.133. The molecule has 4 rings (SSSR count). The Balaban J connectivity index is 1.38. The number of carbonyl (C=O) groups is 1. The van der Waals surface area contributed by atoms with E-state index in [1.165, 1.54) is 18.3 Å². The van der Waals surface area contributed by atoms with Crippen molar-refractivity contribution < 1.29 is 32.2 Å². The highest BCUT2D eigenvalue weighted by Crippen LogP contribution is 2.36. The van der Waals surface area contributed by atoms with E-state index in [4.69, 9.17) is 14.2 Å². The van der Waals surface area contributed by atoms with Crippen molar-refractivity contribution in [3.05, 3.63) is 122 Å². The van der Waals surface area contributed by atoms with Gasteiger partial charge in [0.05, 0.1) is 33.4 Å². The first-order chi connectivity index (χ1) is 19.7. The molecule has 0 unspecified atom stereocenters. The molecular weight excluding hydrogens is 669 g/mol. The smallest absolute Gasteiger partial charge is 0.417 e. The fourth-order valence-electron chi connectivity index (χ4n) is 3.76. The van der Waals surface area contributed by atoms with E-state index in [1.807, 2.05) is 48.5 Å². The SMILES string of the molecule is COc1cc(COc2c(Br)cc(/C=N/NC(=O)c3ccccc3C(F)(F)F)cc2Br)ccc1OCc1ccccc1. The zero-order chi connectivity index (χ0) is 29.4. The number of ether oxygens (including phenoxy) is 3. The Kier molecular flexibility index (Phi) is 10.1. The van der Waals surface area contributed by atoms with Crippen LogP contribution in [0.2, 0.25) is 0 Å². The van der Waals surface area contributed by atoms with Crippen molar-refractivity contribution in [2.24, 2.45) is 5.10 Å². The predicted molar refractivity (Wildman–Crippen MR) is 156 cm³/mol. The lowest BCUT2D eigenvalue weighted by Crippen LogP contribution is -2.22. The molecule has 11 heteroatoms. The molecule has 0 spiro atoms. The minimum Gasteiger partial charge on any atom is -0.493 e. The normalized spacial score (nSPS) is 11.4. The Hall–Kier alpha value is -3.83. The molecule has 0 atom stereocenters. The maximum atomic E-state index is 13.2. The van der Waals surface area contributed by atoms with Gasteiger partial charge in [-0.05, 0) is 84.9 Å². The van der Waals surface area contributed by atoms with E-state index in [1.54, 1.807) is 19.2 Å². The third-order valence-electron chi connectivity index (χ3n) is 5.73. The van der Waals surface area contributed by atoms with Gasteiger partial charge in [0.2, 0.25) is 0 Å². The number of hydrazone groups is 1. The molecule has 4 aromatic carbocycles. The van der Waals surface area contributed by atoms with Crippen LogP contribution >= 0.6 is 31.9 Å². The highest BCUT2D eigenvalue weighted by atomic mass is 79.9. The lowest BCUT2D eigenvalue weighted by Gasteiger charge is -2.14. The molecule has 0 saturated heterocycles. The predicted octanol–water partition coefficient (Wildman–Crippen LogP) is 8.16. The standard InChI is InChI=1S/C30H23Br2F3N2O4/c1-39-27-15-20(11-12-26(27)40-17-19-7-3-2-4-8-19)18-41-28-24(31)13-21(14-25(28)32)16-36-37-29(38)22-9-5-6-10-23(22)30(33,34)35/h2-16H,17-18H2,1H3,(H,37,38)/b36-16+. The van der Waals surface area contributed by atoms with E-state index in [0.29, 0.717) is 38.4 Å². The minimum atomic E-state index is -4.66. The number of alkyl halides is 3. The summed E-state index contributed by atoms with van der Waals surface area (Å²) in [6, 6.07) is 23.2. The Morgan fingerprint density at radius 2 is 1.51 bits per heavy atom. The van der Waals surface area contributed by atoms with Crippen LogP contribution in [0.5, 0.6) is 17.2 Å². The maximum absolute atomic E-state index is 13.2. The number of benzene rings is 4. The van der Waals surface area contributed by atoms with Gasteiger partial charge < -0.3 is 14.2 Å². The quantitative estimate of drug-likeness (QED) is 0.135. The lowest BCUT2D eigenvalue weighted by molar-refractivity contribution is -0.137. The Morgan fingerprint density at radius 3 is 2.20 bits per heavy atom. The summed E-state index contributed by atoms with van der Waals surface area (Å²) in [6.07, 6.45) is -3.35. The van der Waals surface area contributed by atoms with Gasteiger partial charge >= 0.3 is 6.18 Å². The highest BCUT2D eigenvalue weighted by molar-refractivity contribution is 9.11. The van der Waals surface area contributed by atoms with E-state index < -0.39 is 23.2 Å². The van der Waals surface area contributed by atoms with Crippen LogP contribution in [0.3, 0.4) is 0 Å². The molecular formula is C30H23Br2F3N2O4. The van der Waals surface area contributed by atoms with E-state index in [2.05, 4.69) is 42.4 Å². The second-order valence-electron chi connectivity index (χ2n) is 8.60. The van der Waals surface area contributed by atoms with Crippen molar-refractivity contribution in [3.8, 4) is 17.2 Å². The van der Waals surface area contributed by atoms with E-state index >= 15 is 0 Å². The average Bonchev–Trinajstić information content (AvgIpc) is 2.96. The van der Waals surface area contributed by atoms with E-state index in [9.17, 15) is 18.0 Å². The number of halogens is 5. The summed E-state index contributed by atoms with van der Waals surface area (Å²) < 4.78 is 58.2. The molecule has 0 saturated carbocycles. The van der Waals surface area contributed by atoms with Crippen molar-refractivity contribution in [1.29, 1.82) is 0 Å². The molecule has 0 aliphatic carbocycles. The Bertz CT molecular complexity index is 1520. The number of hydrogen-bond acceptors (Lipinski definition) is 5. The molecule has 0 fully saturated rings. The molecule has 0 radical (unpaired) electrons. The van der Waals surface area contributed by atoms with Crippen LogP contribution in [0.25, 0.3) is 0 Å². The summed E-state index contributed by atoms with van der Waals surface area (Å²) >= 11 is 6.94. The number of rotatable bonds is 10. The van der Waals surface area contributed by atoms with Crippen molar-refractivity contribution >= 4 is 44.0 Å². The second kappa shape index (κ2) is 13.7. The molecule has 0 aliphatic heterocycles. The van der Waals surface area contributed by atoms with Gasteiger partial charge in [-0.3, -0.25) is 4.79 Å². The molecule has 41 heavy (non-hydrogen) atoms. The zero-order valence-electron chi connectivity index (χ0n) is 21.5. The van der Waals surface area contributed by atoms with Crippen LogP contribution in [0.1, 0.15) is 32.6 Å². The fourth-order valence-corrected chi connectivity index (χ4v) is 5.21. The number of nitrogens with zero attached hydrogens (tertiary/aromatic N) is 1. The van der Waals surface area contributed by atoms with Crippen molar-refractivity contribution in [2.45, 2.75) is 19.4 Å². The van der Waals surface area contributed by atoms with E-state index in [0.717, 1.165) is 23.3 Å². The molecule has 1 N–H and O–H groups in total. The Labute approximate surface area is 251 Å². The third-order valence-corrected chi connectivity index (χ3v) is 6.90. The molecule has 212 valence electrons. The van der Waals surface area contributed by atoms with Crippen LogP contribution in [-0.4, -0.2) is 19.2 Å². The minimum absolute atomic E-state index is 0.231. The molecule has 0 aromatic heterocycles. The van der Waals surface area contributed by atoms with Crippen LogP contribution in [-0.2, 0) is 19.4 Å². The van der Waals surface area contributed by atoms with Crippen LogP contribution < -0.4 is 19.6 Å². The lowest BCUT2D eigenvalue weighted by atomic mass is 10.1. The zero-order valence-corrected chi connectivity index (χ0v) is 24.7. The summed E-state index contributed by atoms with van der Waals surface area (Å²) in [4.78, 5) is 12.3. The summed E-state index contributed by atoms with van der Waals surface area (Å²) in [5.74, 6) is 0.736. The number of methoxy groups -OCH3 is 1. The molecule has 0 heterocycles. The third kappa shape index (κ3) is 8.11. The highest BCUT2D eigenvalue weighted by Gasteiger charge is 2.34. The monoisotopic (exact) mass is 690 g/mol. The summed E-state index contributed by atoms with van der Waals surface area (Å²) in [5.41, 5.74) is 3.03.